The van der Waals surface area contributed by atoms with Gasteiger partial charge < -0.3 is 20.3 Å². The molecule has 1 saturated carbocycles. The molecule has 2 aliphatic carbocycles. The van der Waals surface area contributed by atoms with Crippen LogP contribution < -0.4 is 5.73 Å². The molecule has 3 N–H and O–H groups in total. The molecule has 0 amide bonds. The van der Waals surface area contributed by atoms with Crippen LogP contribution in [0.4, 0.5) is 0 Å². The number of aliphatic hydroxyl groups is 1. The Morgan fingerprint density at radius 1 is 1.19 bits per heavy atom. The number of nitrogens with two attached hydrogens (primary N) is 1. The van der Waals surface area contributed by atoms with Crippen molar-refractivity contribution >= 4 is 0 Å². The van der Waals surface area contributed by atoms with Crippen molar-refractivity contribution in [3.8, 4) is 0 Å². The summed E-state index contributed by atoms with van der Waals surface area (Å²) in [4.78, 5) is 0. The first-order chi connectivity index (χ1) is 12.6. The lowest BCUT2D eigenvalue weighted by atomic mass is 9.85. The van der Waals surface area contributed by atoms with Crippen LogP contribution in [0.15, 0.2) is 18.2 Å². The minimum absolute atomic E-state index is 0.0929. The topological polar surface area (TPSA) is 64.7 Å². The molecule has 1 fully saturated rings. The summed E-state index contributed by atoms with van der Waals surface area (Å²) in [5.74, 6) is 0.492. The molecule has 0 heterocycles. The van der Waals surface area contributed by atoms with Gasteiger partial charge in [0, 0.05) is 12.1 Å². The Hall–Kier alpha value is -0.940. The van der Waals surface area contributed by atoms with Crippen LogP contribution in [0.2, 0.25) is 0 Å². The van der Waals surface area contributed by atoms with Gasteiger partial charge in [-0.15, -0.1) is 0 Å². The standard InChI is InChI=1S/C22H35NO3/c1-2-3-10-25-11-12-26-21-7-6-17-13-18(4-5-19(17)14-21)20-8-9-22(23,15-20)16-24/h4-5,13,20-21,24H,2-3,6-12,14-16,23H2,1H3/t20-,21-,22+/m0/s1. The minimum atomic E-state index is -0.376. The lowest BCUT2D eigenvalue weighted by Gasteiger charge is -2.26. The van der Waals surface area contributed by atoms with E-state index in [-0.39, 0.29) is 12.1 Å². The van der Waals surface area contributed by atoms with Crippen molar-refractivity contribution in [2.24, 2.45) is 5.73 Å². The molecule has 4 nitrogen and oxygen atoms in total. The van der Waals surface area contributed by atoms with E-state index in [1.54, 1.807) is 0 Å². The Balaban J connectivity index is 1.48. The molecule has 3 atom stereocenters. The van der Waals surface area contributed by atoms with Crippen molar-refractivity contribution in [2.45, 2.75) is 75.9 Å². The zero-order valence-electron chi connectivity index (χ0n) is 16.2. The summed E-state index contributed by atoms with van der Waals surface area (Å²) in [6.45, 7) is 4.52. The van der Waals surface area contributed by atoms with Crippen molar-refractivity contribution < 1.29 is 14.6 Å². The lowest BCUT2D eigenvalue weighted by Crippen LogP contribution is -2.40. The third-order valence-electron chi connectivity index (χ3n) is 6.07. The molecule has 1 aromatic rings. The third kappa shape index (κ3) is 5.07. The number of aryl methyl sites for hydroxylation is 1. The van der Waals surface area contributed by atoms with Gasteiger partial charge in [-0.2, -0.15) is 0 Å². The summed E-state index contributed by atoms with van der Waals surface area (Å²) in [6.07, 6.45) is 8.71. The Morgan fingerprint density at radius 2 is 2.08 bits per heavy atom. The van der Waals surface area contributed by atoms with Crippen LogP contribution in [-0.2, 0) is 22.3 Å². The number of rotatable bonds is 9. The summed E-state index contributed by atoms with van der Waals surface area (Å²) in [6, 6.07) is 6.93. The van der Waals surface area contributed by atoms with Gasteiger partial charge in [0.2, 0.25) is 0 Å². The number of unbranched alkanes of at least 4 members (excludes halogenated alkanes) is 1. The third-order valence-corrected chi connectivity index (χ3v) is 6.07. The van der Waals surface area contributed by atoms with Gasteiger partial charge in [0.25, 0.3) is 0 Å². The van der Waals surface area contributed by atoms with E-state index in [9.17, 15) is 5.11 Å². The van der Waals surface area contributed by atoms with E-state index in [1.807, 2.05) is 0 Å². The van der Waals surface area contributed by atoms with Crippen LogP contribution in [0, 0.1) is 0 Å². The number of hydrogen-bond donors (Lipinski definition) is 2. The number of fused-ring (bicyclic) bond motifs is 1. The van der Waals surface area contributed by atoms with Gasteiger partial charge in [-0.05, 0) is 67.6 Å². The second-order valence-corrected chi connectivity index (χ2v) is 8.19. The molecule has 26 heavy (non-hydrogen) atoms. The first-order valence-electron chi connectivity index (χ1n) is 10.3. The average Bonchev–Trinajstić information content (AvgIpc) is 3.07. The van der Waals surface area contributed by atoms with Crippen LogP contribution >= 0.6 is 0 Å². The summed E-state index contributed by atoms with van der Waals surface area (Å²) in [7, 11) is 0. The molecule has 0 radical (unpaired) electrons. The fourth-order valence-corrected chi connectivity index (χ4v) is 4.34. The maximum Gasteiger partial charge on any atom is 0.0704 e. The number of hydrogen-bond acceptors (Lipinski definition) is 4. The highest BCUT2D eigenvalue weighted by molar-refractivity contribution is 5.36. The zero-order chi connectivity index (χ0) is 18.4. The first-order valence-corrected chi connectivity index (χ1v) is 10.3. The normalized spacial score (nSPS) is 28.3. The van der Waals surface area contributed by atoms with Crippen molar-refractivity contribution in [3.63, 3.8) is 0 Å². The largest absolute Gasteiger partial charge is 0.394 e. The maximum atomic E-state index is 9.49. The van der Waals surface area contributed by atoms with Crippen molar-refractivity contribution in [3.05, 3.63) is 34.9 Å². The second kappa shape index (κ2) is 9.32. The van der Waals surface area contributed by atoms with Gasteiger partial charge in [-0.3, -0.25) is 0 Å². The van der Waals surface area contributed by atoms with E-state index in [2.05, 4.69) is 25.1 Å². The van der Waals surface area contributed by atoms with Gasteiger partial charge in [-0.1, -0.05) is 31.5 Å². The molecule has 0 bridgehead atoms. The Morgan fingerprint density at radius 3 is 2.85 bits per heavy atom. The Labute approximate surface area is 158 Å². The predicted octanol–water partition coefficient (Wildman–Crippen LogP) is 3.33. The molecule has 0 aromatic heterocycles. The summed E-state index contributed by atoms with van der Waals surface area (Å²) in [5, 5.41) is 9.49. The fraction of sp³-hybridized carbons (Fsp3) is 0.727. The van der Waals surface area contributed by atoms with E-state index in [0.717, 1.165) is 51.6 Å². The molecule has 0 spiro atoms. The van der Waals surface area contributed by atoms with Crippen LogP contribution in [0.1, 0.15) is 68.1 Å². The van der Waals surface area contributed by atoms with Gasteiger partial charge >= 0.3 is 0 Å². The van der Waals surface area contributed by atoms with Crippen LogP contribution in [0.5, 0.6) is 0 Å². The van der Waals surface area contributed by atoms with Crippen molar-refractivity contribution in [1.29, 1.82) is 0 Å². The van der Waals surface area contributed by atoms with E-state index >= 15 is 0 Å². The van der Waals surface area contributed by atoms with Crippen LogP contribution in [-0.4, -0.2) is 43.2 Å². The van der Waals surface area contributed by atoms with Crippen molar-refractivity contribution in [2.75, 3.05) is 26.4 Å². The maximum absolute atomic E-state index is 9.49. The fourth-order valence-electron chi connectivity index (χ4n) is 4.34. The molecule has 4 heteroatoms. The number of benzene rings is 1. The number of ether oxygens (including phenoxy) is 2. The highest BCUT2D eigenvalue weighted by Gasteiger charge is 2.36. The number of aliphatic hydroxyl groups excluding tert-OH is 1. The first kappa shape index (κ1) is 19.8. The van der Waals surface area contributed by atoms with E-state index in [0.29, 0.717) is 25.2 Å². The van der Waals surface area contributed by atoms with Crippen molar-refractivity contribution in [1.82, 2.24) is 0 Å². The highest BCUT2D eigenvalue weighted by Crippen LogP contribution is 2.40. The molecule has 0 aliphatic heterocycles. The zero-order valence-corrected chi connectivity index (χ0v) is 16.2. The molecule has 0 unspecified atom stereocenters. The minimum Gasteiger partial charge on any atom is -0.394 e. The monoisotopic (exact) mass is 361 g/mol. The second-order valence-electron chi connectivity index (χ2n) is 8.19. The molecule has 1 aromatic carbocycles. The average molecular weight is 362 g/mol. The van der Waals surface area contributed by atoms with E-state index < -0.39 is 0 Å². The van der Waals surface area contributed by atoms with Gasteiger partial charge in [0.1, 0.15) is 0 Å². The summed E-state index contributed by atoms with van der Waals surface area (Å²) in [5.41, 5.74) is 10.2. The summed E-state index contributed by atoms with van der Waals surface area (Å²) >= 11 is 0. The molecule has 0 saturated heterocycles. The molecule has 146 valence electrons. The predicted molar refractivity (Wildman–Crippen MR) is 105 cm³/mol. The van der Waals surface area contributed by atoms with Gasteiger partial charge in [-0.25, -0.2) is 0 Å². The van der Waals surface area contributed by atoms with Crippen LogP contribution in [0.25, 0.3) is 0 Å². The smallest absolute Gasteiger partial charge is 0.0704 e. The molecule has 3 rings (SSSR count). The quantitative estimate of drug-likeness (QED) is 0.662. The molecule has 2 aliphatic rings. The Kier molecular flexibility index (Phi) is 7.10. The lowest BCUT2D eigenvalue weighted by molar-refractivity contribution is -0.000913. The van der Waals surface area contributed by atoms with Crippen LogP contribution in [0.3, 0.4) is 0 Å². The highest BCUT2D eigenvalue weighted by atomic mass is 16.5. The Bertz CT molecular complexity index is 577. The molecular weight excluding hydrogens is 326 g/mol. The summed E-state index contributed by atoms with van der Waals surface area (Å²) < 4.78 is 11.6. The van der Waals surface area contributed by atoms with Gasteiger partial charge in [0.15, 0.2) is 0 Å². The van der Waals surface area contributed by atoms with Gasteiger partial charge in [0.05, 0.1) is 25.9 Å². The van der Waals surface area contributed by atoms with E-state index in [4.69, 9.17) is 15.2 Å². The molecular formula is C22H35NO3. The SMILES string of the molecule is CCCCOCCO[C@H]1CCc2cc([C@H]3CC[C@](N)(CO)C3)ccc2C1. The van der Waals surface area contributed by atoms with E-state index in [1.165, 1.54) is 23.1 Å².